The molecule has 1 amide bonds. The molecular formula is C20H17N5O3S. The molecule has 2 aromatic heterocycles. The number of carbonyl (C=O) groups excluding carboxylic acids is 1. The van der Waals surface area contributed by atoms with Gasteiger partial charge in [-0.3, -0.25) is 4.79 Å². The van der Waals surface area contributed by atoms with Crippen LogP contribution in [0.15, 0.2) is 71.8 Å². The molecule has 0 saturated heterocycles. The van der Waals surface area contributed by atoms with Crippen LogP contribution >= 0.6 is 0 Å². The van der Waals surface area contributed by atoms with E-state index in [0.29, 0.717) is 22.8 Å². The lowest BCUT2D eigenvalue weighted by atomic mass is 10.2. The second kappa shape index (κ2) is 7.12. The Labute approximate surface area is 167 Å². The van der Waals surface area contributed by atoms with Gasteiger partial charge in [-0.15, -0.1) is 0 Å². The first-order valence-electron chi connectivity index (χ1n) is 8.68. The molecule has 0 aliphatic carbocycles. The smallest absolute Gasteiger partial charge is 0.259 e. The molecule has 9 heteroatoms. The van der Waals surface area contributed by atoms with Crippen LogP contribution in [0.1, 0.15) is 16.1 Å². The van der Waals surface area contributed by atoms with E-state index < -0.39 is 10.0 Å². The Balaban J connectivity index is 1.59. The zero-order valence-electron chi connectivity index (χ0n) is 15.4. The molecule has 0 radical (unpaired) electrons. The summed E-state index contributed by atoms with van der Waals surface area (Å²) in [6.07, 6.45) is 1.47. The number of nitrogens with zero attached hydrogens (tertiary/aromatic N) is 3. The summed E-state index contributed by atoms with van der Waals surface area (Å²) in [7, 11) is -3.78. The minimum Gasteiger partial charge on any atom is -0.322 e. The number of nitrogens with one attached hydrogen (secondary N) is 1. The van der Waals surface area contributed by atoms with Gasteiger partial charge in [0.1, 0.15) is 0 Å². The summed E-state index contributed by atoms with van der Waals surface area (Å²) in [5.41, 5.74) is 2.29. The van der Waals surface area contributed by atoms with Gasteiger partial charge in [-0.1, -0.05) is 18.2 Å². The zero-order valence-corrected chi connectivity index (χ0v) is 16.2. The summed E-state index contributed by atoms with van der Waals surface area (Å²) < 4.78 is 24.3. The number of pyridine rings is 1. The van der Waals surface area contributed by atoms with Gasteiger partial charge in [0.05, 0.1) is 27.9 Å². The highest BCUT2D eigenvalue weighted by Gasteiger charge is 2.16. The molecule has 29 heavy (non-hydrogen) atoms. The fourth-order valence-electron chi connectivity index (χ4n) is 2.96. The van der Waals surface area contributed by atoms with Crippen LogP contribution in [-0.2, 0) is 10.0 Å². The van der Waals surface area contributed by atoms with Crippen LogP contribution in [0.2, 0.25) is 0 Å². The topological polar surface area (TPSA) is 120 Å². The van der Waals surface area contributed by atoms with Crippen molar-refractivity contribution < 1.29 is 13.2 Å². The maximum Gasteiger partial charge on any atom is 0.259 e. The summed E-state index contributed by atoms with van der Waals surface area (Å²) in [5, 5.41) is 13.1. The Morgan fingerprint density at radius 1 is 1.03 bits per heavy atom. The summed E-state index contributed by atoms with van der Waals surface area (Å²) in [6, 6.07) is 17.2. The Kier molecular flexibility index (Phi) is 4.61. The third-order valence-electron chi connectivity index (χ3n) is 4.50. The molecule has 8 nitrogen and oxygen atoms in total. The van der Waals surface area contributed by atoms with E-state index in [1.165, 1.54) is 30.5 Å². The summed E-state index contributed by atoms with van der Waals surface area (Å²) in [4.78, 5) is 17.2. The second-order valence-electron chi connectivity index (χ2n) is 6.44. The minimum absolute atomic E-state index is 0.0260. The maximum atomic E-state index is 12.6. The molecular weight excluding hydrogens is 390 g/mol. The Morgan fingerprint density at radius 3 is 2.48 bits per heavy atom. The number of benzene rings is 2. The van der Waals surface area contributed by atoms with Crippen molar-refractivity contribution in [2.24, 2.45) is 5.14 Å². The number of primary sulfonamides is 1. The van der Waals surface area contributed by atoms with Gasteiger partial charge >= 0.3 is 0 Å². The van der Waals surface area contributed by atoms with E-state index in [9.17, 15) is 13.2 Å². The fourth-order valence-corrected chi connectivity index (χ4v) is 3.48. The molecule has 0 atom stereocenters. The molecule has 4 rings (SSSR count). The number of fused-ring (bicyclic) bond motifs is 1. The van der Waals surface area contributed by atoms with Crippen LogP contribution in [-0.4, -0.2) is 29.1 Å². The lowest BCUT2D eigenvalue weighted by Crippen LogP contribution is -2.14. The number of anilines is 1. The van der Waals surface area contributed by atoms with Crippen LogP contribution in [0.4, 0.5) is 5.69 Å². The van der Waals surface area contributed by atoms with Crippen molar-refractivity contribution >= 4 is 32.5 Å². The van der Waals surface area contributed by atoms with Crippen molar-refractivity contribution in [1.82, 2.24) is 14.8 Å². The molecule has 0 bridgehead atoms. The quantitative estimate of drug-likeness (QED) is 0.539. The largest absolute Gasteiger partial charge is 0.322 e. The summed E-state index contributed by atoms with van der Waals surface area (Å²) in [5.74, 6) is 0.246. The van der Waals surface area contributed by atoms with Gasteiger partial charge < -0.3 is 5.32 Å². The number of carbonyl (C=O) groups is 1. The Morgan fingerprint density at radius 2 is 1.76 bits per heavy atom. The van der Waals surface area contributed by atoms with E-state index in [1.54, 1.807) is 11.6 Å². The van der Waals surface area contributed by atoms with Gasteiger partial charge in [0, 0.05) is 11.1 Å². The number of para-hydroxylation sites is 1. The average Bonchev–Trinajstić information content (AvgIpc) is 3.09. The van der Waals surface area contributed by atoms with Crippen LogP contribution < -0.4 is 10.5 Å². The van der Waals surface area contributed by atoms with Gasteiger partial charge in [-0.25, -0.2) is 23.2 Å². The molecule has 0 saturated carbocycles. The summed E-state index contributed by atoms with van der Waals surface area (Å²) in [6.45, 7) is 1.78. The van der Waals surface area contributed by atoms with Crippen molar-refractivity contribution in [3.8, 4) is 5.82 Å². The van der Waals surface area contributed by atoms with E-state index >= 15 is 0 Å². The predicted octanol–water partition coefficient (Wildman–Crippen LogP) is 2.63. The zero-order chi connectivity index (χ0) is 20.6. The molecule has 146 valence electrons. The van der Waals surface area contributed by atoms with E-state index in [4.69, 9.17) is 5.14 Å². The Bertz CT molecular complexity index is 1330. The highest BCUT2D eigenvalue weighted by molar-refractivity contribution is 7.89. The fraction of sp³-hybridized carbons (Fsp3) is 0.0500. The number of aromatic nitrogens is 3. The van der Waals surface area contributed by atoms with Gasteiger partial charge in [0.25, 0.3) is 5.91 Å². The molecule has 0 unspecified atom stereocenters. The first kappa shape index (κ1) is 18.8. The molecule has 0 aliphatic heterocycles. The molecule has 2 heterocycles. The van der Waals surface area contributed by atoms with Crippen molar-refractivity contribution in [2.75, 3.05) is 5.32 Å². The Hall–Kier alpha value is -3.56. The average molecular weight is 407 g/mol. The number of nitrogens with two attached hydrogens (primary N) is 1. The minimum atomic E-state index is -3.78. The number of hydrogen-bond acceptors (Lipinski definition) is 5. The third-order valence-corrected chi connectivity index (χ3v) is 5.43. The number of rotatable bonds is 4. The van der Waals surface area contributed by atoms with Gasteiger partial charge in [0.2, 0.25) is 10.0 Å². The monoisotopic (exact) mass is 407 g/mol. The number of sulfonamides is 1. The van der Waals surface area contributed by atoms with Crippen molar-refractivity contribution in [3.63, 3.8) is 0 Å². The number of amides is 1. The molecule has 3 N–H and O–H groups in total. The van der Waals surface area contributed by atoms with E-state index in [0.717, 1.165) is 10.9 Å². The molecule has 2 aromatic carbocycles. The maximum absolute atomic E-state index is 12.6. The lowest BCUT2D eigenvalue weighted by Gasteiger charge is -2.07. The molecule has 4 aromatic rings. The van der Waals surface area contributed by atoms with Gasteiger partial charge in [-0.05, 0) is 49.4 Å². The SMILES string of the molecule is Cc1c(C(=O)Nc2ccc(S(N)(=O)=O)cc2)cnn1-c1ccc2ccccc2n1. The summed E-state index contributed by atoms with van der Waals surface area (Å²) >= 11 is 0. The molecule has 0 spiro atoms. The standard InChI is InChI=1S/C20H17N5O3S/c1-13-17(20(26)23-15-7-9-16(10-8-15)29(21,27)28)12-22-25(13)19-11-6-14-4-2-3-5-18(14)24-19/h2-12H,1H3,(H,23,26)(H2,21,27,28). The highest BCUT2D eigenvalue weighted by Crippen LogP contribution is 2.19. The third kappa shape index (κ3) is 3.73. The lowest BCUT2D eigenvalue weighted by molar-refractivity contribution is 0.102. The predicted molar refractivity (Wildman–Crippen MR) is 109 cm³/mol. The van der Waals surface area contributed by atoms with Crippen LogP contribution in [0.5, 0.6) is 0 Å². The van der Waals surface area contributed by atoms with E-state index in [-0.39, 0.29) is 10.8 Å². The molecule has 0 aliphatic rings. The molecule has 0 fully saturated rings. The van der Waals surface area contributed by atoms with Crippen molar-refractivity contribution in [1.29, 1.82) is 0 Å². The van der Waals surface area contributed by atoms with Crippen molar-refractivity contribution in [2.45, 2.75) is 11.8 Å². The number of hydrogen-bond donors (Lipinski definition) is 2. The van der Waals surface area contributed by atoms with Crippen LogP contribution in [0, 0.1) is 6.92 Å². The van der Waals surface area contributed by atoms with Crippen molar-refractivity contribution in [3.05, 3.63) is 78.1 Å². The van der Waals surface area contributed by atoms with E-state index in [2.05, 4.69) is 15.4 Å². The first-order chi connectivity index (χ1) is 13.8. The first-order valence-corrected chi connectivity index (χ1v) is 10.2. The highest BCUT2D eigenvalue weighted by atomic mass is 32.2. The van der Waals surface area contributed by atoms with Gasteiger partial charge in [0.15, 0.2) is 5.82 Å². The van der Waals surface area contributed by atoms with Crippen LogP contribution in [0.3, 0.4) is 0 Å². The normalized spacial score (nSPS) is 11.5. The second-order valence-corrected chi connectivity index (χ2v) is 8.00. The van der Waals surface area contributed by atoms with Crippen LogP contribution in [0.25, 0.3) is 16.7 Å². The van der Waals surface area contributed by atoms with E-state index in [1.807, 2.05) is 36.4 Å². The van der Waals surface area contributed by atoms with Gasteiger partial charge in [-0.2, -0.15) is 5.10 Å².